The van der Waals surface area contributed by atoms with E-state index in [0.29, 0.717) is 6.54 Å². The number of aromatic nitrogens is 2. The second kappa shape index (κ2) is 4.77. The predicted molar refractivity (Wildman–Crippen MR) is 60.6 cm³/mol. The summed E-state index contributed by atoms with van der Waals surface area (Å²) in [6, 6.07) is 0. The van der Waals surface area contributed by atoms with Crippen molar-refractivity contribution < 1.29 is 5.11 Å². The molecule has 1 aromatic heterocycles. The Morgan fingerprint density at radius 3 is 2.67 bits per heavy atom. The van der Waals surface area contributed by atoms with Gasteiger partial charge in [-0.25, -0.2) is 0 Å². The molecule has 0 spiro atoms. The lowest BCUT2D eigenvalue weighted by Gasteiger charge is -2.22. The Balaban J connectivity index is 2.50. The van der Waals surface area contributed by atoms with Gasteiger partial charge in [0.05, 0.1) is 12.3 Å². The van der Waals surface area contributed by atoms with Crippen molar-refractivity contribution >= 4 is 0 Å². The van der Waals surface area contributed by atoms with E-state index in [9.17, 15) is 5.11 Å². The zero-order valence-corrected chi connectivity index (χ0v) is 9.99. The van der Waals surface area contributed by atoms with Crippen molar-refractivity contribution in [3.05, 3.63) is 18.0 Å². The molecule has 1 aromatic rings. The second-order valence-electron chi connectivity index (χ2n) is 4.78. The van der Waals surface area contributed by atoms with E-state index in [4.69, 9.17) is 0 Å². The largest absolute Gasteiger partial charge is 0.387 e. The van der Waals surface area contributed by atoms with Crippen LogP contribution in [0.1, 0.15) is 39.4 Å². The fourth-order valence-corrected chi connectivity index (χ4v) is 1.25. The minimum atomic E-state index is -0.482. The summed E-state index contributed by atoms with van der Waals surface area (Å²) in [4.78, 5) is 0. The van der Waals surface area contributed by atoms with Crippen molar-refractivity contribution in [2.45, 2.75) is 45.9 Å². The van der Waals surface area contributed by atoms with Gasteiger partial charge in [-0.05, 0) is 27.7 Å². The van der Waals surface area contributed by atoms with Crippen LogP contribution >= 0.6 is 0 Å². The quantitative estimate of drug-likeness (QED) is 0.790. The summed E-state index contributed by atoms with van der Waals surface area (Å²) in [5.41, 5.74) is 0.899. The van der Waals surface area contributed by atoms with Gasteiger partial charge >= 0.3 is 0 Å². The highest BCUT2D eigenvalue weighted by molar-refractivity contribution is 5.08. The monoisotopic (exact) mass is 211 g/mol. The van der Waals surface area contributed by atoms with Gasteiger partial charge in [0, 0.05) is 30.4 Å². The van der Waals surface area contributed by atoms with Crippen LogP contribution < -0.4 is 5.32 Å². The zero-order valence-electron chi connectivity index (χ0n) is 9.99. The maximum absolute atomic E-state index is 9.88. The van der Waals surface area contributed by atoms with Crippen molar-refractivity contribution in [2.24, 2.45) is 0 Å². The first-order valence-electron chi connectivity index (χ1n) is 5.38. The Morgan fingerprint density at radius 2 is 2.20 bits per heavy atom. The summed E-state index contributed by atoms with van der Waals surface area (Å²) in [5, 5.41) is 17.3. The normalized spacial score (nSPS) is 14.2. The summed E-state index contributed by atoms with van der Waals surface area (Å²) < 4.78 is 1.82. The first kappa shape index (κ1) is 12.2. The molecule has 0 aliphatic carbocycles. The number of aliphatic hydroxyl groups excluding tert-OH is 1. The van der Waals surface area contributed by atoms with Crippen LogP contribution in [0.4, 0.5) is 0 Å². The highest BCUT2D eigenvalue weighted by Gasteiger charge is 2.14. The van der Waals surface area contributed by atoms with E-state index in [2.05, 4.69) is 31.2 Å². The van der Waals surface area contributed by atoms with Crippen molar-refractivity contribution in [3.63, 3.8) is 0 Å². The summed E-state index contributed by atoms with van der Waals surface area (Å²) in [6.07, 6.45) is 3.12. The lowest BCUT2D eigenvalue weighted by atomic mass is 10.1. The van der Waals surface area contributed by atoms with Gasteiger partial charge in [0.1, 0.15) is 0 Å². The van der Waals surface area contributed by atoms with E-state index in [1.54, 1.807) is 6.20 Å². The maximum Gasteiger partial charge on any atom is 0.0944 e. The molecule has 2 N–H and O–H groups in total. The molecule has 0 radical (unpaired) electrons. The molecule has 1 atom stereocenters. The molecule has 1 rings (SSSR count). The van der Waals surface area contributed by atoms with Gasteiger partial charge in [0.2, 0.25) is 0 Å². The Hall–Kier alpha value is -0.870. The Bertz CT molecular complexity index is 301. The van der Waals surface area contributed by atoms with Crippen LogP contribution in [0.15, 0.2) is 12.4 Å². The molecule has 4 nitrogen and oxygen atoms in total. The van der Waals surface area contributed by atoms with Gasteiger partial charge in [-0.1, -0.05) is 0 Å². The third kappa shape index (κ3) is 4.01. The van der Waals surface area contributed by atoms with Crippen LogP contribution in [-0.4, -0.2) is 27.0 Å². The van der Waals surface area contributed by atoms with Crippen LogP contribution in [0.25, 0.3) is 0 Å². The van der Waals surface area contributed by atoms with Crippen molar-refractivity contribution in [1.82, 2.24) is 15.1 Å². The number of rotatable bonds is 4. The van der Waals surface area contributed by atoms with Gasteiger partial charge in [-0.2, -0.15) is 5.10 Å². The lowest BCUT2D eigenvalue weighted by Crippen LogP contribution is -2.38. The lowest BCUT2D eigenvalue weighted by molar-refractivity contribution is 0.163. The number of aliphatic hydroxyl groups is 1. The minimum Gasteiger partial charge on any atom is -0.387 e. The SMILES string of the molecule is CCn1cc(C(O)CNC(C)(C)C)cn1. The van der Waals surface area contributed by atoms with E-state index in [-0.39, 0.29) is 5.54 Å². The molecule has 0 saturated carbocycles. The number of hydrogen-bond donors (Lipinski definition) is 2. The number of nitrogens with zero attached hydrogens (tertiary/aromatic N) is 2. The predicted octanol–water partition coefficient (Wildman–Crippen LogP) is 1.32. The van der Waals surface area contributed by atoms with E-state index in [0.717, 1.165) is 12.1 Å². The van der Waals surface area contributed by atoms with E-state index < -0.39 is 6.10 Å². The number of β-amino-alcohol motifs (C(OH)–C–C–N with tert-alkyl or cyclic N) is 1. The number of nitrogens with one attached hydrogen (secondary N) is 1. The average Bonchev–Trinajstić information content (AvgIpc) is 2.61. The Kier molecular flexibility index (Phi) is 3.88. The summed E-state index contributed by atoms with van der Waals surface area (Å²) >= 11 is 0. The van der Waals surface area contributed by atoms with Crippen molar-refractivity contribution in [1.29, 1.82) is 0 Å². The molecule has 15 heavy (non-hydrogen) atoms. The standard InChI is InChI=1S/C11H21N3O/c1-5-14-8-9(6-13-14)10(15)7-12-11(2,3)4/h6,8,10,12,15H,5,7H2,1-4H3. The summed E-state index contributed by atoms with van der Waals surface area (Å²) in [7, 11) is 0. The van der Waals surface area contributed by atoms with E-state index >= 15 is 0 Å². The Morgan fingerprint density at radius 1 is 1.53 bits per heavy atom. The minimum absolute atomic E-state index is 0.0295. The van der Waals surface area contributed by atoms with Gasteiger partial charge in [0.15, 0.2) is 0 Å². The van der Waals surface area contributed by atoms with Crippen LogP contribution in [0.2, 0.25) is 0 Å². The molecule has 0 aromatic carbocycles. The van der Waals surface area contributed by atoms with Crippen LogP contribution in [0.3, 0.4) is 0 Å². The fraction of sp³-hybridized carbons (Fsp3) is 0.727. The molecule has 86 valence electrons. The van der Waals surface area contributed by atoms with Crippen LogP contribution in [0.5, 0.6) is 0 Å². The molecule has 0 bridgehead atoms. The highest BCUT2D eigenvalue weighted by Crippen LogP contribution is 2.11. The van der Waals surface area contributed by atoms with Gasteiger partial charge in [-0.15, -0.1) is 0 Å². The second-order valence-corrected chi connectivity index (χ2v) is 4.78. The van der Waals surface area contributed by atoms with Gasteiger partial charge in [-0.3, -0.25) is 4.68 Å². The fourth-order valence-electron chi connectivity index (χ4n) is 1.25. The third-order valence-electron chi connectivity index (χ3n) is 2.19. The molecular weight excluding hydrogens is 190 g/mol. The van der Waals surface area contributed by atoms with Gasteiger partial charge in [0.25, 0.3) is 0 Å². The average molecular weight is 211 g/mol. The maximum atomic E-state index is 9.88. The van der Waals surface area contributed by atoms with Crippen LogP contribution in [0, 0.1) is 0 Å². The number of hydrogen-bond acceptors (Lipinski definition) is 3. The first-order valence-corrected chi connectivity index (χ1v) is 5.38. The first-order chi connectivity index (χ1) is 6.92. The topological polar surface area (TPSA) is 50.1 Å². The van der Waals surface area contributed by atoms with E-state index in [1.165, 1.54) is 0 Å². The third-order valence-corrected chi connectivity index (χ3v) is 2.19. The Labute approximate surface area is 91.3 Å². The molecule has 1 unspecified atom stereocenters. The van der Waals surface area contributed by atoms with Gasteiger partial charge < -0.3 is 10.4 Å². The number of aryl methyl sites for hydroxylation is 1. The molecule has 0 amide bonds. The highest BCUT2D eigenvalue weighted by atomic mass is 16.3. The molecule has 1 heterocycles. The van der Waals surface area contributed by atoms with E-state index in [1.807, 2.05) is 17.8 Å². The summed E-state index contributed by atoms with van der Waals surface area (Å²) in [5.74, 6) is 0. The molecule has 0 aliphatic rings. The van der Waals surface area contributed by atoms with Crippen molar-refractivity contribution in [3.8, 4) is 0 Å². The summed E-state index contributed by atoms with van der Waals surface area (Å²) in [6.45, 7) is 9.65. The van der Waals surface area contributed by atoms with Crippen LogP contribution in [-0.2, 0) is 6.54 Å². The zero-order chi connectivity index (χ0) is 11.5. The molecule has 0 fully saturated rings. The molecular formula is C11H21N3O. The van der Waals surface area contributed by atoms with Crippen molar-refractivity contribution in [2.75, 3.05) is 6.54 Å². The smallest absolute Gasteiger partial charge is 0.0944 e. The molecule has 0 saturated heterocycles. The molecule has 0 aliphatic heterocycles. The molecule has 4 heteroatoms.